The molecule has 2 rings (SSSR count). The van der Waals surface area contributed by atoms with Crippen LogP contribution in [0, 0.1) is 6.92 Å². The Bertz CT molecular complexity index is 785. The van der Waals surface area contributed by atoms with Gasteiger partial charge in [-0.1, -0.05) is 0 Å². The number of carbonyl (C=O) groups is 2. The number of nitrogens with zero attached hydrogens (tertiary/aromatic N) is 2. The van der Waals surface area contributed by atoms with Crippen LogP contribution in [0.1, 0.15) is 23.0 Å². The van der Waals surface area contributed by atoms with Crippen LogP contribution in [-0.2, 0) is 16.6 Å². The molecule has 1 unspecified atom stereocenters. The average Bonchev–Trinajstić information content (AvgIpc) is 2.93. The van der Waals surface area contributed by atoms with E-state index in [0.717, 1.165) is 0 Å². The Morgan fingerprint density at radius 2 is 1.96 bits per heavy atom. The summed E-state index contributed by atoms with van der Waals surface area (Å²) >= 11 is 0. The third-order valence-corrected chi connectivity index (χ3v) is 3.77. The quantitative estimate of drug-likeness (QED) is 0.803. The Morgan fingerprint density at radius 1 is 1.24 bits per heavy atom. The van der Waals surface area contributed by atoms with Crippen LogP contribution in [0.4, 0.5) is 5.69 Å². The van der Waals surface area contributed by atoms with Gasteiger partial charge in [0.15, 0.2) is 6.10 Å². The highest BCUT2D eigenvalue weighted by Gasteiger charge is 2.22. The largest absolute Gasteiger partial charge is 0.497 e. The second-order valence-electron chi connectivity index (χ2n) is 5.37. The third-order valence-electron chi connectivity index (χ3n) is 3.77. The molecule has 1 N–H and O–H groups in total. The lowest BCUT2D eigenvalue weighted by molar-refractivity contribution is -0.123. The molecule has 0 bridgehead atoms. The lowest BCUT2D eigenvalue weighted by Gasteiger charge is -2.15. The van der Waals surface area contributed by atoms with Gasteiger partial charge in [-0.3, -0.25) is 9.48 Å². The SMILES string of the molecule is COc1ccc(OC)c(NC(=O)C(C)OC(=O)c2cnn(C)c2C)c1. The van der Waals surface area contributed by atoms with Gasteiger partial charge in [0.25, 0.3) is 5.91 Å². The van der Waals surface area contributed by atoms with E-state index in [1.54, 1.807) is 36.9 Å². The fourth-order valence-corrected chi connectivity index (χ4v) is 2.12. The Morgan fingerprint density at radius 3 is 2.52 bits per heavy atom. The molecule has 0 radical (unpaired) electrons. The van der Waals surface area contributed by atoms with Crippen LogP contribution in [0.5, 0.6) is 11.5 Å². The molecule has 1 heterocycles. The average molecular weight is 347 g/mol. The predicted molar refractivity (Wildman–Crippen MR) is 91.0 cm³/mol. The van der Waals surface area contributed by atoms with Crippen LogP contribution in [0.15, 0.2) is 24.4 Å². The number of benzene rings is 1. The molecular weight excluding hydrogens is 326 g/mol. The van der Waals surface area contributed by atoms with Crippen LogP contribution in [0.2, 0.25) is 0 Å². The number of hydrogen-bond acceptors (Lipinski definition) is 6. The molecule has 8 nitrogen and oxygen atoms in total. The van der Waals surface area contributed by atoms with Crippen LogP contribution in [-0.4, -0.2) is 42.0 Å². The van der Waals surface area contributed by atoms with E-state index >= 15 is 0 Å². The zero-order valence-corrected chi connectivity index (χ0v) is 14.8. The van der Waals surface area contributed by atoms with Crippen molar-refractivity contribution in [3.05, 3.63) is 35.7 Å². The van der Waals surface area contributed by atoms with E-state index in [1.807, 2.05) is 0 Å². The normalized spacial score (nSPS) is 11.6. The molecule has 0 aliphatic heterocycles. The first-order chi connectivity index (χ1) is 11.9. The summed E-state index contributed by atoms with van der Waals surface area (Å²) in [5.74, 6) is -0.0604. The lowest BCUT2D eigenvalue weighted by Crippen LogP contribution is -2.30. The van der Waals surface area contributed by atoms with Crippen LogP contribution in [0.3, 0.4) is 0 Å². The number of methoxy groups -OCH3 is 2. The second-order valence-corrected chi connectivity index (χ2v) is 5.37. The fourth-order valence-electron chi connectivity index (χ4n) is 2.12. The van der Waals surface area contributed by atoms with Crippen molar-refractivity contribution < 1.29 is 23.8 Å². The number of nitrogens with one attached hydrogen (secondary N) is 1. The highest BCUT2D eigenvalue weighted by atomic mass is 16.5. The Balaban J connectivity index is 2.08. The molecule has 0 spiro atoms. The number of aryl methyl sites for hydroxylation is 1. The Kier molecular flexibility index (Phi) is 5.63. The van der Waals surface area contributed by atoms with Gasteiger partial charge in [0, 0.05) is 18.8 Å². The summed E-state index contributed by atoms with van der Waals surface area (Å²) in [4.78, 5) is 24.5. The number of aromatic nitrogens is 2. The summed E-state index contributed by atoms with van der Waals surface area (Å²) in [6, 6.07) is 5.00. The standard InChI is InChI=1S/C17H21N3O5/c1-10-13(9-18-20(10)3)17(22)25-11(2)16(21)19-14-8-12(23-4)6-7-15(14)24-5/h6-9,11H,1-5H3,(H,19,21). The fraction of sp³-hybridized carbons (Fsp3) is 0.353. The van der Waals surface area contributed by atoms with Crippen LogP contribution in [0.25, 0.3) is 0 Å². The number of hydrogen-bond donors (Lipinski definition) is 1. The first-order valence-corrected chi connectivity index (χ1v) is 7.59. The lowest BCUT2D eigenvalue weighted by atomic mass is 10.2. The number of ether oxygens (including phenoxy) is 3. The van der Waals surface area contributed by atoms with Gasteiger partial charge in [-0.15, -0.1) is 0 Å². The summed E-state index contributed by atoms with van der Waals surface area (Å²) in [5.41, 5.74) is 1.40. The van der Waals surface area contributed by atoms with Crippen molar-refractivity contribution in [3.8, 4) is 11.5 Å². The highest BCUT2D eigenvalue weighted by molar-refractivity contribution is 5.98. The Hall–Kier alpha value is -3.03. The maximum atomic E-state index is 12.3. The minimum absolute atomic E-state index is 0.320. The van der Waals surface area contributed by atoms with Gasteiger partial charge in [-0.2, -0.15) is 5.10 Å². The van der Waals surface area contributed by atoms with Gasteiger partial charge in [0.1, 0.15) is 17.1 Å². The van der Waals surface area contributed by atoms with E-state index in [-0.39, 0.29) is 0 Å². The molecule has 0 aliphatic carbocycles. The monoisotopic (exact) mass is 347 g/mol. The van der Waals surface area contributed by atoms with Crippen LogP contribution >= 0.6 is 0 Å². The molecule has 0 saturated carbocycles. The zero-order valence-electron chi connectivity index (χ0n) is 14.8. The number of anilines is 1. The van der Waals surface area contributed by atoms with Gasteiger partial charge >= 0.3 is 5.97 Å². The molecule has 2 aromatic rings. The van der Waals surface area contributed by atoms with Crippen molar-refractivity contribution in [2.24, 2.45) is 7.05 Å². The number of rotatable bonds is 6. The van der Waals surface area contributed by atoms with E-state index in [4.69, 9.17) is 14.2 Å². The number of esters is 1. The van der Waals surface area contributed by atoms with Gasteiger partial charge in [-0.25, -0.2) is 4.79 Å². The van der Waals surface area contributed by atoms with Crippen molar-refractivity contribution in [2.75, 3.05) is 19.5 Å². The van der Waals surface area contributed by atoms with E-state index in [1.165, 1.54) is 27.3 Å². The topological polar surface area (TPSA) is 91.7 Å². The molecular formula is C17H21N3O5. The molecule has 0 fully saturated rings. The number of amides is 1. The molecule has 0 aliphatic rings. The van der Waals surface area contributed by atoms with Crippen molar-refractivity contribution in [3.63, 3.8) is 0 Å². The summed E-state index contributed by atoms with van der Waals surface area (Å²) in [6.45, 7) is 3.24. The minimum atomic E-state index is -0.997. The maximum Gasteiger partial charge on any atom is 0.342 e. The van der Waals surface area contributed by atoms with Crippen molar-refractivity contribution in [2.45, 2.75) is 20.0 Å². The molecule has 134 valence electrons. The summed E-state index contributed by atoms with van der Waals surface area (Å²) in [6.07, 6.45) is 0.413. The second kappa shape index (κ2) is 7.69. The smallest absolute Gasteiger partial charge is 0.342 e. The first kappa shape index (κ1) is 18.3. The summed E-state index contributed by atoms with van der Waals surface area (Å²) < 4.78 is 17.1. The van der Waals surface area contributed by atoms with Crippen molar-refractivity contribution in [1.29, 1.82) is 0 Å². The van der Waals surface area contributed by atoms with E-state index in [0.29, 0.717) is 28.4 Å². The highest BCUT2D eigenvalue weighted by Crippen LogP contribution is 2.29. The zero-order chi connectivity index (χ0) is 18.6. The van der Waals surface area contributed by atoms with E-state index in [9.17, 15) is 9.59 Å². The summed E-state index contributed by atoms with van der Waals surface area (Å²) in [7, 11) is 4.73. The molecule has 0 saturated heterocycles. The first-order valence-electron chi connectivity index (χ1n) is 7.59. The molecule has 25 heavy (non-hydrogen) atoms. The van der Waals surface area contributed by atoms with E-state index in [2.05, 4.69) is 10.4 Å². The van der Waals surface area contributed by atoms with Gasteiger partial charge in [0.2, 0.25) is 0 Å². The molecule has 8 heteroatoms. The van der Waals surface area contributed by atoms with Gasteiger partial charge in [-0.05, 0) is 26.0 Å². The van der Waals surface area contributed by atoms with Crippen molar-refractivity contribution >= 4 is 17.6 Å². The van der Waals surface area contributed by atoms with Crippen LogP contribution < -0.4 is 14.8 Å². The molecule has 1 aromatic carbocycles. The molecule has 1 amide bonds. The third kappa shape index (κ3) is 4.09. The van der Waals surface area contributed by atoms with Crippen molar-refractivity contribution in [1.82, 2.24) is 9.78 Å². The predicted octanol–water partition coefficient (Wildman–Crippen LogP) is 1.93. The molecule has 1 aromatic heterocycles. The van der Waals surface area contributed by atoms with Gasteiger partial charge < -0.3 is 19.5 Å². The summed E-state index contributed by atoms with van der Waals surface area (Å²) in [5, 5.41) is 6.65. The van der Waals surface area contributed by atoms with Gasteiger partial charge in [0.05, 0.1) is 26.1 Å². The van der Waals surface area contributed by atoms with E-state index < -0.39 is 18.0 Å². The maximum absolute atomic E-state index is 12.3. The molecule has 1 atom stereocenters. The number of carbonyl (C=O) groups excluding carboxylic acids is 2. The Labute approximate surface area is 145 Å². The minimum Gasteiger partial charge on any atom is -0.497 e.